The monoisotopic (exact) mass is 430 g/mol. The van der Waals surface area contributed by atoms with Crippen LogP contribution < -0.4 is 15.0 Å². The molecule has 3 aromatic rings. The van der Waals surface area contributed by atoms with Crippen molar-refractivity contribution in [3.63, 3.8) is 0 Å². The lowest BCUT2D eigenvalue weighted by Crippen LogP contribution is -2.29. The second-order valence-electron chi connectivity index (χ2n) is 8.36. The Morgan fingerprint density at radius 3 is 2.75 bits per heavy atom. The van der Waals surface area contributed by atoms with Crippen LogP contribution in [0.25, 0.3) is 0 Å². The van der Waals surface area contributed by atoms with Gasteiger partial charge in [-0.1, -0.05) is 24.3 Å². The highest BCUT2D eigenvalue weighted by molar-refractivity contribution is 6.03. The van der Waals surface area contributed by atoms with Gasteiger partial charge in [0.2, 0.25) is 11.8 Å². The minimum atomic E-state index is -0.411. The first-order valence-corrected chi connectivity index (χ1v) is 11.0. The van der Waals surface area contributed by atoms with Crippen molar-refractivity contribution < 1.29 is 14.3 Å². The van der Waals surface area contributed by atoms with Crippen molar-refractivity contribution in [2.24, 2.45) is 5.92 Å². The molecule has 7 nitrogen and oxygen atoms in total. The third kappa shape index (κ3) is 3.75. The van der Waals surface area contributed by atoms with Gasteiger partial charge < -0.3 is 15.0 Å². The summed E-state index contributed by atoms with van der Waals surface area (Å²) in [5.74, 6) is 0.788. The molecule has 0 radical (unpaired) electrons. The van der Waals surface area contributed by atoms with Gasteiger partial charge in [-0.15, -0.1) is 0 Å². The zero-order valence-corrected chi connectivity index (χ0v) is 18.0. The lowest BCUT2D eigenvalue weighted by atomic mass is 9.88. The average molecular weight is 431 g/mol. The Morgan fingerprint density at radius 1 is 1.12 bits per heavy atom. The number of amides is 2. The Labute approximate surface area is 187 Å². The van der Waals surface area contributed by atoms with Gasteiger partial charge in [-0.3, -0.25) is 9.59 Å². The van der Waals surface area contributed by atoms with Crippen LogP contribution in [-0.2, 0) is 16.0 Å². The SMILES string of the molecule is COc1ccc(N2CC(C(=O)Nc3ccnn3C3CCCc4ccccc43)CC2=O)cc1. The van der Waals surface area contributed by atoms with Gasteiger partial charge in [0.05, 0.1) is 25.3 Å². The summed E-state index contributed by atoms with van der Waals surface area (Å²) in [6, 6.07) is 17.7. The van der Waals surface area contributed by atoms with Gasteiger partial charge in [-0.05, 0) is 54.7 Å². The standard InChI is InChI=1S/C25H26N4O3/c1-32-20-11-9-19(10-12-20)28-16-18(15-24(28)30)25(31)27-23-13-14-26-29(23)22-8-4-6-17-5-2-3-7-21(17)22/h2-3,5,7,9-14,18,22H,4,6,8,15-16H2,1H3,(H,27,31). The van der Waals surface area contributed by atoms with E-state index in [1.54, 1.807) is 18.2 Å². The Kier molecular flexibility index (Phi) is 5.39. The second kappa shape index (κ2) is 8.49. The number of nitrogens with one attached hydrogen (secondary N) is 1. The van der Waals surface area contributed by atoms with Crippen molar-refractivity contribution in [2.45, 2.75) is 31.7 Å². The Morgan fingerprint density at radius 2 is 1.94 bits per heavy atom. The Hall–Kier alpha value is -3.61. The van der Waals surface area contributed by atoms with Crippen molar-refractivity contribution in [3.8, 4) is 5.75 Å². The number of ether oxygens (including phenoxy) is 1. The normalized spacial score (nSPS) is 20.2. The number of carbonyl (C=O) groups is 2. The molecule has 2 unspecified atom stereocenters. The fraction of sp³-hybridized carbons (Fsp3) is 0.320. The summed E-state index contributed by atoms with van der Waals surface area (Å²) >= 11 is 0. The quantitative estimate of drug-likeness (QED) is 0.668. The molecule has 2 amide bonds. The Balaban J connectivity index is 1.31. The van der Waals surface area contributed by atoms with Crippen molar-refractivity contribution in [1.29, 1.82) is 0 Å². The van der Waals surface area contributed by atoms with E-state index in [1.807, 2.05) is 35.0 Å². The summed E-state index contributed by atoms with van der Waals surface area (Å²) in [5.41, 5.74) is 3.38. The van der Waals surface area contributed by atoms with Crippen LogP contribution in [-0.4, -0.2) is 35.2 Å². The van der Waals surface area contributed by atoms with E-state index in [-0.39, 0.29) is 24.3 Å². The van der Waals surface area contributed by atoms with Crippen molar-refractivity contribution in [2.75, 3.05) is 23.9 Å². The molecule has 32 heavy (non-hydrogen) atoms. The molecule has 5 rings (SSSR count). The van der Waals surface area contributed by atoms with E-state index >= 15 is 0 Å². The van der Waals surface area contributed by atoms with Crippen LogP contribution in [0.5, 0.6) is 5.75 Å². The molecule has 1 aliphatic heterocycles. The van der Waals surface area contributed by atoms with Crippen LogP contribution >= 0.6 is 0 Å². The number of methoxy groups -OCH3 is 1. The predicted octanol–water partition coefficient (Wildman–Crippen LogP) is 3.81. The average Bonchev–Trinajstić information content (AvgIpc) is 3.45. The number of nitrogens with zero attached hydrogens (tertiary/aromatic N) is 3. The molecule has 164 valence electrons. The molecule has 2 aliphatic rings. The van der Waals surface area contributed by atoms with E-state index in [2.05, 4.69) is 34.7 Å². The van der Waals surface area contributed by atoms with Gasteiger partial charge in [0.1, 0.15) is 11.6 Å². The summed E-state index contributed by atoms with van der Waals surface area (Å²) in [6.07, 6.45) is 5.05. The maximum atomic E-state index is 13.1. The first-order chi connectivity index (χ1) is 15.6. The highest BCUT2D eigenvalue weighted by atomic mass is 16.5. The van der Waals surface area contributed by atoms with Gasteiger partial charge in [0.15, 0.2) is 0 Å². The number of carbonyl (C=O) groups excluding carboxylic acids is 2. The van der Waals surface area contributed by atoms with Crippen LogP contribution in [0.15, 0.2) is 60.8 Å². The highest BCUT2D eigenvalue weighted by Crippen LogP contribution is 2.34. The van der Waals surface area contributed by atoms with Gasteiger partial charge in [-0.25, -0.2) is 4.68 Å². The van der Waals surface area contributed by atoms with E-state index in [4.69, 9.17) is 4.74 Å². The summed E-state index contributed by atoms with van der Waals surface area (Å²) in [6.45, 7) is 0.359. The fourth-order valence-corrected chi connectivity index (χ4v) is 4.77. The van der Waals surface area contributed by atoms with Crippen molar-refractivity contribution >= 4 is 23.3 Å². The lowest BCUT2D eigenvalue weighted by molar-refractivity contribution is -0.122. The molecule has 0 saturated carbocycles. The molecule has 1 N–H and O–H groups in total. The van der Waals surface area contributed by atoms with Crippen LogP contribution in [0, 0.1) is 5.92 Å². The van der Waals surface area contributed by atoms with Gasteiger partial charge in [-0.2, -0.15) is 5.10 Å². The van der Waals surface area contributed by atoms with E-state index in [0.29, 0.717) is 12.4 Å². The molecule has 0 spiro atoms. The zero-order valence-electron chi connectivity index (χ0n) is 18.0. The topological polar surface area (TPSA) is 76.5 Å². The number of aryl methyl sites for hydroxylation is 1. The van der Waals surface area contributed by atoms with Crippen LogP contribution in [0.4, 0.5) is 11.5 Å². The second-order valence-corrected chi connectivity index (χ2v) is 8.36. The maximum Gasteiger partial charge on any atom is 0.230 e. The van der Waals surface area contributed by atoms with Gasteiger partial charge in [0.25, 0.3) is 0 Å². The van der Waals surface area contributed by atoms with E-state index < -0.39 is 5.92 Å². The first kappa shape index (κ1) is 20.3. The van der Waals surface area contributed by atoms with Gasteiger partial charge >= 0.3 is 0 Å². The molecule has 1 saturated heterocycles. The van der Waals surface area contributed by atoms with Crippen LogP contribution in [0.2, 0.25) is 0 Å². The molecule has 1 aliphatic carbocycles. The molecule has 7 heteroatoms. The molecular weight excluding hydrogens is 404 g/mol. The molecule has 1 aromatic heterocycles. The molecule has 2 aromatic carbocycles. The first-order valence-electron chi connectivity index (χ1n) is 11.0. The zero-order chi connectivity index (χ0) is 22.1. The predicted molar refractivity (Wildman–Crippen MR) is 122 cm³/mol. The summed E-state index contributed by atoms with van der Waals surface area (Å²) in [4.78, 5) is 27.3. The summed E-state index contributed by atoms with van der Waals surface area (Å²) in [7, 11) is 1.60. The van der Waals surface area contributed by atoms with Crippen LogP contribution in [0.1, 0.15) is 36.4 Å². The highest BCUT2D eigenvalue weighted by Gasteiger charge is 2.36. The Bertz CT molecular complexity index is 1140. The van der Waals surface area contributed by atoms with Crippen molar-refractivity contribution in [1.82, 2.24) is 9.78 Å². The minimum Gasteiger partial charge on any atom is -0.497 e. The van der Waals surface area contributed by atoms with Gasteiger partial charge in [0, 0.05) is 24.7 Å². The number of benzene rings is 2. The largest absolute Gasteiger partial charge is 0.497 e. The number of hydrogen-bond acceptors (Lipinski definition) is 4. The number of fused-ring (bicyclic) bond motifs is 1. The molecular formula is C25H26N4O3. The maximum absolute atomic E-state index is 13.1. The lowest BCUT2D eigenvalue weighted by Gasteiger charge is -2.27. The molecule has 2 atom stereocenters. The number of aromatic nitrogens is 2. The fourth-order valence-electron chi connectivity index (χ4n) is 4.77. The molecule has 0 bridgehead atoms. The van der Waals surface area contributed by atoms with E-state index in [0.717, 1.165) is 30.7 Å². The summed E-state index contributed by atoms with van der Waals surface area (Å²) in [5, 5.41) is 7.56. The number of hydrogen-bond donors (Lipinski definition) is 1. The number of anilines is 2. The molecule has 2 heterocycles. The van der Waals surface area contributed by atoms with Crippen LogP contribution in [0.3, 0.4) is 0 Å². The number of rotatable bonds is 5. The van der Waals surface area contributed by atoms with E-state index in [1.165, 1.54) is 11.1 Å². The summed E-state index contributed by atoms with van der Waals surface area (Å²) < 4.78 is 7.09. The third-order valence-electron chi connectivity index (χ3n) is 6.43. The van der Waals surface area contributed by atoms with E-state index in [9.17, 15) is 9.59 Å². The van der Waals surface area contributed by atoms with Crippen molar-refractivity contribution in [3.05, 3.63) is 71.9 Å². The third-order valence-corrected chi connectivity index (χ3v) is 6.43. The minimum absolute atomic E-state index is 0.0509. The smallest absolute Gasteiger partial charge is 0.230 e. The molecule has 1 fully saturated rings.